The van der Waals surface area contributed by atoms with Crippen molar-refractivity contribution in [3.8, 4) is 0 Å². The number of carbonyl (C=O) groups is 3. The molecule has 1 aliphatic carbocycles. The van der Waals surface area contributed by atoms with E-state index in [1.165, 1.54) is 19.3 Å². The van der Waals surface area contributed by atoms with Crippen LogP contribution in [0.4, 0.5) is 5.69 Å². The van der Waals surface area contributed by atoms with Gasteiger partial charge in [-0.15, -0.1) is 11.8 Å². The third-order valence-corrected chi connectivity index (χ3v) is 11.9. The Morgan fingerprint density at radius 1 is 1.09 bits per heavy atom. The molecule has 5 aliphatic rings. The van der Waals surface area contributed by atoms with E-state index in [-0.39, 0.29) is 23.8 Å². The van der Waals surface area contributed by atoms with Gasteiger partial charge in [-0.05, 0) is 68.5 Å². The molecule has 0 unspecified atom stereocenters. The van der Waals surface area contributed by atoms with Crippen LogP contribution in [-0.2, 0) is 19.1 Å². The summed E-state index contributed by atoms with van der Waals surface area (Å²) in [5.41, 5.74) is -0.435. The van der Waals surface area contributed by atoms with Gasteiger partial charge in [-0.1, -0.05) is 58.3 Å². The van der Waals surface area contributed by atoms with Crippen molar-refractivity contribution >= 4 is 35.2 Å². The van der Waals surface area contributed by atoms with Crippen molar-refractivity contribution in [2.24, 2.45) is 23.7 Å². The molecule has 4 aliphatic heterocycles. The first-order valence-corrected chi connectivity index (χ1v) is 17.7. The lowest BCUT2D eigenvalue weighted by Crippen LogP contribution is -2.58. The Morgan fingerprint density at radius 3 is 2.72 bits per heavy atom. The number of anilines is 1. The maximum atomic E-state index is 14.4. The molecular formula is C34H48N4O4S. The number of ether oxygens (including phenoxy) is 1. The number of piperidine rings is 1. The van der Waals surface area contributed by atoms with Gasteiger partial charge in [-0.25, -0.2) is 0 Å². The number of rotatable bonds is 9. The van der Waals surface area contributed by atoms with E-state index in [0.29, 0.717) is 30.1 Å². The molecule has 0 aromatic heterocycles. The van der Waals surface area contributed by atoms with Crippen LogP contribution in [0.3, 0.4) is 0 Å². The summed E-state index contributed by atoms with van der Waals surface area (Å²) < 4.78 is 6.59. The van der Waals surface area contributed by atoms with Gasteiger partial charge in [0.15, 0.2) is 0 Å². The SMILES string of the molecule is CC[C@@H]1CCCCN1CCN1C(=O)[C@@H]2[C@H](C(=O)Nc3cccc(SC)c3)[C@@H]3C=C[C@@]2(O3)[C@@H]1C(=O)N[C@@H]1CCC[C@@H](C)[C@@H]1C. The molecule has 4 heterocycles. The molecule has 2 N–H and O–H groups in total. The minimum Gasteiger partial charge on any atom is -0.359 e. The molecule has 3 amide bonds. The summed E-state index contributed by atoms with van der Waals surface area (Å²) in [6.45, 7) is 8.90. The maximum Gasteiger partial charge on any atom is 0.246 e. The van der Waals surface area contributed by atoms with Gasteiger partial charge in [0.05, 0.1) is 17.9 Å². The van der Waals surface area contributed by atoms with E-state index in [9.17, 15) is 14.4 Å². The molecule has 1 spiro atoms. The summed E-state index contributed by atoms with van der Waals surface area (Å²) in [5, 5.41) is 6.43. The van der Waals surface area contributed by atoms with E-state index >= 15 is 0 Å². The Kier molecular flexibility index (Phi) is 8.96. The molecule has 3 saturated heterocycles. The minimum atomic E-state index is -1.13. The summed E-state index contributed by atoms with van der Waals surface area (Å²) in [5.74, 6) is -1.04. The molecular weight excluding hydrogens is 560 g/mol. The molecule has 8 nitrogen and oxygen atoms in total. The molecule has 234 valence electrons. The summed E-state index contributed by atoms with van der Waals surface area (Å²) in [6, 6.07) is 7.50. The Hall–Kier alpha value is -2.36. The largest absolute Gasteiger partial charge is 0.359 e. The molecule has 1 aromatic carbocycles. The third kappa shape index (κ3) is 5.54. The van der Waals surface area contributed by atoms with Crippen molar-refractivity contribution in [1.29, 1.82) is 0 Å². The van der Waals surface area contributed by atoms with Gasteiger partial charge in [0.25, 0.3) is 0 Å². The third-order valence-electron chi connectivity index (χ3n) is 11.1. The van der Waals surface area contributed by atoms with Crippen molar-refractivity contribution in [1.82, 2.24) is 15.1 Å². The van der Waals surface area contributed by atoms with Crippen molar-refractivity contribution in [3.05, 3.63) is 36.4 Å². The number of nitrogens with zero attached hydrogens (tertiary/aromatic N) is 2. The van der Waals surface area contributed by atoms with Gasteiger partial charge in [-0.2, -0.15) is 0 Å². The van der Waals surface area contributed by atoms with E-state index < -0.39 is 29.6 Å². The number of amides is 3. The molecule has 43 heavy (non-hydrogen) atoms. The highest BCUT2D eigenvalue weighted by atomic mass is 32.2. The second-order valence-electron chi connectivity index (χ2n) is 13.4. The van der Waals surface area contributed by atoms with Gasteiger partial charge in [0.1, 0.15) is 11.6 Å². The quantitative estimate of drug-likeness (QED) is 0.312. The summed E-state index contributed by atoms with van der Waals surface area (Å²) >= 11 is 1.61. The number of thioether (sulfide) groups is 1. The lowest BCUT2D eigenvalue weighted by atomic mass is 9.73. The molecule has 0 radical (unpaired) electrons. The second-order valence-corrected chi connectivity index (χ2v) is 14.3. The Balaban J connectivity index is 1.28. The van der Waals surface area contributed by atoms with Crippen LogP contribution >= 0.6 is 11.8 Å². The standard InChI is InChI=1S/C34H48N4O4S/c1-5-24-12-6-7-17-37(24)18-19-38-30(32(40)36-26-14-8-10-21(2)22(26)3)34-16-15-27(42-34)28(29(34)33(38)41)31(39)35-23-11-9-13-25(20-23)43-4/h9,11,13,15-16,20-22,24,26-30H,5-8,10,12,14,17-19H2,1-4H3,(H,35,39)(H,36,40)/t21-,22+,24-,26-,27+,28-,29+,30+,34+/m1/s1. The number of nitrogens with one attached hydrogen (secondary N) is 2. The predicted molar refractivity (Wildman–Crippen MR) is 170 cm³/mol. The number of carbonyl (C=O) groups excluding carboxylic acids is 3. The number of benzene rings is 1. The van der Waals surface area contributed by atoms with Gasteiger partial charge in [0, 0.05) is 35.8 Å². The van der Waals surface area contributed by atoms with E-state index in [1.807, 2.05) is 42.7 Å². The molecule has 6 rings (SSSR count). The molecule has 2 bridgehead atoms. The maximum absolute atomic E-state index is 14.4. The van der Waals surface area contributed by atoms with Crippen LogP contribution in [-0.4, -0.2) is 83.2 Å². The fourth-order valence-corrected chi connectivity index (χ4v) is 8.99. The zero-order chi connectivity index (χ0) is 30.3. The molecule has 1 saturated carbocycles. The van der Waals surface area contributed by atoms with Crippen LogP contribution in [0, 0.1) is 23.7 Å². The lowest BCUT2D eigenvalue weighted by Gasteiger charge is -2.39. The van der Waals surface area contributed by atoms with Gasteiger partial charge >= 0.3 is 0 Å². The summed E-state index contributed by atoms with van der Waals surface area (Å²) in [7, 11) is 0. The van der Waals surface area contributed by atoms with E-state index in [4.69, 9.17) is 4.74 Å². The number of hydrogen-bond donors (Lipinski definition) is 2. The molecule has 9 heteroatoms. The highest BCUT2D eigenvalue weighted by Gasteiger charge is 2.72. The first-order valence-electron chi connectivity index (χ1n) is 16.4. The highest BCUT2D eigenvalue weighted by molar-refractivity contribution is 7.98. The van der Waals surface area contributed by atoms with Crippen molar-refractivity contribution in [3.63, 3.8) is 0 Å². The molecule has 9 atom stereocenters. The normalized spacial score (nSPS) is 37.0. The van der Waals surface area contributed by atoms with Crippen LogP contribution in [0.15, 0.2) is 41.3 Å². The van der Waals surface area contributed by atoms with Crippen LogP contribution in [0.2, 0.25) is 0 Å². The van der Waals surface area contributed by atoms with Crippen molar-refractivity contribution in [2.45, 2.75) is 100 Å². The average Bonchev–Trinajstić information content (AvgIpc) is 3.65. The Bertz CT molecular complexity index is 1260. The van der Waals surface area contributed by atoms with Crippen LogP contribution < -0.4 is 10.6 Å². The molecule has 4 fully saturated rings. The first kappa shape index (κ1) is 30.7. The van der Waals surface area contributed by atoms with Crippen LogP contribution in [0.5, 0.6) is 0 Å². The van der Waals surface area contributed by atoms with E-state index in [1.54, 1.807) is 16.7 Å². The fourth-order valence-electron chi connectivity index (χ4n) is 8.53. The molecule has 1 aromatic rings. The lowest BCUT2D eigenvalue weighted by molar-refractivity contribution is -0.142. The summed E-state index contributed by atoms with van der Waals surface area (Å²) in [4.78, 5) is 47.9. The van der Waals surface area contributed by atoms with Gasteiger partial charge in [-0.3, -0.25) is 19.3 Å². The smallest absolute Gasteiger partial charge is 0.246 e. The zero-order valence-corrected chi connectivity index (χ0v) is 26.9. The monoisotopic (exact) mass is 608 g/mol. The number of hydrogen-bond acceptors (Lipinski definition) is 6. The van der Waals surface area contributed by atoms with Crippen LogP contribution in [0.25, 0.3) is 0 Å². The Labute approximate surface area is 260 Å². The van der Waals surface area contributed by atoms with E-state index in [0.717, 1.165) is 43.7 Å². The fraction of sp³-hybridized carbons (Fsp3) is 0.676. The van der Waals surface area contributed by atoms with Crippen LogP contribution in [0.1, 0.15) is 65.7 Å². The first-order chi connectivity index (χ1) is 20.8. The predicted octanol–water partition coefficient (Wildman–Crippen LogP) is 4.70. The van der Waals surface area contributed by atoms with Crippen molar-refractivity contribution in [2.75, 3.05) is 31.2 Å². The van der Waals surface area contributed by atoms with Crippen molar-refractivity contribution < 1.29 is 19.1 Å². The number of fused-ring (bicyclic) bond motifs is 1. The van der Waals surface area contributed by atoms with Gasteiger partial charge in [0.2, 0.25) is 17.7 Å². The highest BCUT2D eigenvalue weighted by Crippen LogP contribution is 2.55. The second kappa shape index (κ2) is 12.6. The number of likely N-dealkylation sites (tertiary alicyclic amines) is 2. The minimum absolute atomic E-state index is 0.0700. The Morgan fingerprint density at radius 2 is 1.93 bits per heavy atom. The zero-order valence-electron chi connectivity index (χ0n) is 26.1. The topological polar surface area (TPSA) is 91.0 Å². The van der Waals surface area contributed by atoms with E-state index in [2.05, 4.69) is 36.3 Å². The summed E-state index contributed by atoms with van der Waals surface area (Å²) in [6.07, 6.45) is 13.1. The average molecular weight is 609 g/mol. The van der Waals surface area contributed by atoms with Gasteiger partial charge < -0.3 is 20.3 Å².